The molecule has 0 bridgehead atoms. The van der Waals surface area contributed by atoms with Crippen LogP contribution in [-0.4, -0.2) is 34.3 Å². The van der Waals surface area contributed by atoms with Crippen molar-refractivity contribution in [3.63, 3.8) is 0 Å². The summed E-state index contributed by atoms with van der Waals surface area (Å²) in [6.07, 6.45) is 4.38. The molecule has 1 spiro atoms. The molecule has 2 fully saturated rings. The summed E-state index contributed by atoms with van der Waals surface area (Å²) in [6, 6.07) is 8.49. The SMILES string of the molecule is CC[C@@H](c1ccc(C)cc1)N1CC[C@]2(CC[C@H](O)CC2)OC1=O. The van der Waals surface area contributed by atoms with Gasteiger partial charge in [0.05, 0.1) is 12.1 Å². The van der Waals surface area contributed by atoms with Crippen LogP contribution >= 0.6 is 0 Å². The first-order chi connectivity index (χ1) is 11.0. The van der Waals surface area contributed by atoms with Crippen LogP contribution in [0.4, 0.5) is 4.79 Å². The van der Waals surface area contributed by atoms with Gasteiger partial charge in [-0.3, -0.25) is 0 Å². The Morgan fingerprint density at radius 1 is 1.26 bits per heavy atom. The average Bonchev–Trinajstić information content (AvgIpc) is 2.55. The van der Waals surface area contributed by atoms with Crippen molar-refractivity contribution in [2.75, 3.05) is 6.54 Å². The maximum Gasteiger partial charge on any atom is 0.410 e. The number of ether oxygens (including phenoxy) is 1. The van der Waals surface area contributed by atoms with Gasteiger partial charge in [0.2, 0.25) is 0 Å². The van der Waals surface area contributed by atoms with Crippen LogP contribution in [0.15, 0.2) is 24.3 Å². The summed E-state index contributed by atoms with van der Waals surface area (Å²) in [5.74, 6) is 0. The van der Waals surface area contributed by atoms with Crippen LogP contribution in [0.1, 0.15) is 62.6 Å². The quantitative estimate of drug-likeness (QED) is 0.918. The second kappa shape index (κ2) is 6.52. The van der Waals surface area contributed by atoms with Gasteiger partial charge in [0.1, 0.15) is 5.60 Å². The molecule has 0 aromatic heterocycles. The Labute approximate surface area is 138 Å². The van der Waals surface area contributed by atoms with E-state index in [1.807, 2.05) is 4.90 Å². The Bertz CT molecular complexity index is 546. The summed E-state index contributed by atoms with van der Waals surface area (Å²) >= 11 is 0. The Kier molecular flexibility index (Phi) is 4.62. The number of aryl methyl sites for hydroxylation is 1. The number of carbonyl (C=O) groups excluding carboxylic acids is 1. The highest BCUT2D eigenvalue weighted by atomic mass is 16.6. The lowest BCUT2D eigenvalue weighted by molar-refractivity contribution is -0.0920. The zero-order valence-corrected chi connectivity index (χ0v) is 14.1. The van der Waals surface area contributed by atoms with Crippen molar-refractivity contribution < 1.29 is 14.6 Å². The molecule has 1 heterocycles. The number of aliphatic hydroxyl groups excluding tert-OH is 1. The standard InChI is InChI=1S/C19H27NO3/c1-3-17(15-6-4-14(2)5-7-15)20-13-12-19(23-18(20)22)10-8-16(21)9-11-19/h4-7,16-17,21H,3,8-13H2,1-2H3/t16-,17-,19+/m0/s1. The molecule has 1 atom stereocenters. The smallest absolute Gasteiger partial charge is 0.410 e. The van der Waals surface area contributed by atoms with Crippen molar-refractivity contribution >= 4 is 6.09 Å². The van der Waals surface area contributed by atoms with Gasteiger partial charge >= 0.3 is 6.09 Å². The normalized spacial score (nSPS) is 29.4. The first kappa shape index (κ1) is 16.3. The molecule has 23 heavy (non-hydrogen) atoms. The lowest BCUT2D eigenvalue weighted by Gasteiger charge is -2.46. The van der Waals surface area contributed by atoms with E-state index in [0.717, 1.165) is 45.1 Å². The second-order valence-corrected chi connectivity index (χ2v) is 7.06. The molecular formula is C19H27NO3. The third-order valence-electron chi connectivity index (χ3n) is 5.44. The van der Waals surface area contributed by atoms with Crippen molar-refractivity contribution in [1.29, 1.82) is 0 Å². The second-order valence-electron chi connectivity index (χ2n) is 7.06. The number of benzene rings is 1. The van der Waals surface area contributed by atoms with Gasteiger partial charge in [0.25, 0.3) is 0 Å². The molecule has 1 aliphatic carbocycles. The number of aliphatic hydroxyl groups is 1. The highest BCUT2D eigenvalue weighted by Crippen LogP contribution is 2.40. The van der Waals surface area contributed by atoms with E-state index in [9.17, 15) is 9.90 Å². The largest absolute Gasteiger partial charge is 0.443 e. The Hall–Kier alpha value is -1.55. The predicted molar refractivity (Wildman–Crippen MR) is 89.2 cm³/mol. The van der Waals surface area contributed by atoms with Crippen molar-refractivity contribution in [2.24, 2.45) is 0 Å². The molecule has 126 valence electrons. The van der Waals surface area contributed by atoms with E-state index in [4.69, 9.17) is 4.74 Å². The van der Waals surface area contributed by atoms with E-state index >= 15 is 0 Å². The number of hydrogen-bond donors (Lipinski definition) is 1. The number of carbonyl (C=O) groups is 1. The fraction of sp³-hybridized carbons (Fsp3) is 0.632. The summed E-state index contributed by atoms with van der Waals surface area (Å²) in [5, 5.41) is 9.69. The minimum atomic E-state index is -0.335. The van der Waals surface area contributed by atoms with Crippen molar-refractivity contribution in [1.82, 2.24) is 4.90 Å². The number of amides is 1. The maximum absolute atomic E-state index is 12.6. The summed E-state index contributed by atoms with van der Waals surface area (Å²) in [7, 11) is 0. The summed E-state index contributed by atoms with van der Waals surface area (Å²) in [5.41, 5.74) is 2.06. The molecule has 2 aliphatic rings. The molecule has 0 unspecified atom stereocenters. The lowest BCUT2D eigenvalue weighted by Crippen LogP contribution is -2.52. The van der Waals surface area contributed by atoms with E-state index in [-0.39, 0.29) is 23.8 Å². The maximum atomic E-state index is 12.6. The molecule has 1 saturated carbocycles. The molecule has 1 aromatic carbocycles. The molecule has 1 saturated heterocycles. The van der Waals surface area contributed by atoms with Gasteiger partial charge in [-0.2, -0.15) is 0 Å². The Morgan fingerprint density at radius 3 is 2.48 bits per heavy atom. The summed E-state index contributed by atoms with van der Waals surface area (Å²) < 4.78 is 5.88. The van der Waals surface area contributed by atoms with Crippen LogP contribution < -0.4 is 0 Å². The van der Waals surface area contributed by atoms with Gasteiger partial charge in [0.15, 0.2) is 0 Å². The third-order valence-corrected chi connectivity index (χ3v) is 5.44. The zero-order chi connectivity index (χ0) is 16.4. The highest BCUT2D eigenvalue weighted by molar-refractivity contribution is 5.70. The molecule has 1 amide bonds. The minimum absolute atomic E-state index is 0.0784. The molecule has 1 aliphatic heterocycles. The van der Waals surface area contributed by atoms with Crippen molar-refractivity contribution in [2.45, 2.75) is 70.1 Å². The van der Waals surface area contributed by atoms with E-state index in [1.54, 1.807) is 0 Å². The first-order valence-electron chi connectivity index (χ1n) is 8.77. The number of rotatable bonds is 3. The van der Waals surface area contributed by atoms with Crippen LogP contribution in [0, 0.1) is 6.92 Å². The molecule has 3 rings (SSSR count). The van der Waals surface area contributed by atoms with Crippen LogP contribution in [-0.2, 0) is 4.74 Å². The van der Waals surface area contributed by atoms with Gasteiger partial charge in [-0.15, -0.1) is 0 Å². The van der Waals surface area contributed by atoms with Gasteiger partial charge in [-0.25, -0.2) is 4.79 Å². The highest BCUT2D eigenvalue weighted by Gasteiger charge is 2.44. The van der Waals surface area contributed by atoms with Crippen LogP contribution in [0.5, 0.6) is 0 Å². The lowest BCUT2D eigenvalue weighted by atomic mass is 9.80. The Morgan fingerprint density at radius 2 is 1.91 bits per heavy atom. The monoisotopic (exact) mass is 317 g/mol. The summed E-state index contributed by atoms with van der Waals surface area (Å²) in [4.78, 5) is 14.5. The average molecular weight is 317 g/mol. The first-order valence-corrected chi connectivity index (χ1v) is 8.77. The zero-order valence-electron chi connectivity index (χ0n) is 14.1. The minimum Gasteiger partial charge on any atom is -0.443 e. The van der Waals surface area contributed by atoms with E-state index in [0.29, 0.717) is 0 Å². The Balaban J connectivity index is 1.72. The molecule has 4 nitrogen and oxygen atoms in total. The van der Waals surface area contributed by atoms with Crippen LogP contribution in [0.3, 0.4) is 0 Å². The van der Waals surface area contributed by atoms with Crippen LogP contribution in [0.25, 0.3) is 0 Å². The fourth-order valence-corrected chi connectivity index (χ4v) is 3.90. The molecule has 1 N–H and O–H groups in total. The van der Waals surface area contributed by atoms with Gasteiger partial charge in [-0.1, -0.05) is 36.8 Å². The number of hydrogen-bond acceptors (Lipinski definition) is 3. The van der Waals surface area contributed by atoms with Gasteiger partial charge < -0.3 is 14.7 Å². The molecular weight excluding hydrogens is 290 g/mol. The van der Waals surface area contributed by atoms with E-state index in [2.05, 4.69) is 38.1 Å². The van der Waals surface area contributed by atoms with Crippen molar-refractivity contribution in [3.8, 4) is 0 Å². The van der Waals surface area contributed by atoms with Crippen molar-refractivity contribution in [3.05, 3.63) is 35.4 Å². The number of nitrogens with zero attached hydrogens (tertiary/aromatic N) is 1. The topological polar surface area (TPSA) is 49.8 Å². The van der Waals surface area contributed by atoms with Gasteiger partial charge in [-0.05, 0) is 44.6 Å². The van der Waals surface area contributed by atoms with E-state index < -0.39 is 0 Å². The van der Waals surface area contributed by atoms with Gasteiger partial charge in [0, 0.05) is 13.0 Å². The molecule has 0 radical (unpaired) electrons. The van der Waals surface area contributed by atoms with E-state index in [1.165, 1.54) is 11.1 Å². The summed E-state index contributed by atoms with van der Waals surface area (Å²) in [6.45, 7) is 4.92. The molecule has 4 heteroatoms. The van der Waals surface area contributed by atoms with Crippen LogP contribution in [0.2, 0.25) is 0 Å². The fourth-order valence-electron chi connectivity index (χ4n) is 3.90. The molecule has 1 aromatic rings. The predicted octanol–water partition coefficient (Wildman–Crippen LogP) is 3.96. The third kappa shape index (κ3) is 3.37.